The van der Waals surface area contributed by atoms with Gasteiger partial charge in [0.05, 0.1) is 17.3 Å². The fourth-order valence-electron chi connectivity index (χ4n) is 2.74. The molecule has 6 nitrogen and oxygen atoms in total. The molecule has 0 unspecified atom stereocenters. The molecule has 0 aromatic carbocycles. The molecule has 1 N–H and O–H groups in total. The lowest BCUT2D eigenvalue weighted by atomic mass is 10.1. The predicted octanol–water partition coefficient (Wildman–Crippen LogP) is 1.08. The van der Waals surface area contributed by atoms with Crippen LogP contribution in [0.3, 0.4) is 0 Å². The molecule has 1 amide bonds. The number of pyridine rings is 1. The Hall–Kier alpha value is -2.21. The van der Waals surface area contributed by atoms with Gasteiger partial charge in [-0.3, -0.25) is 19.4 Å². The average Bonchev–Trinajstić information content (AvgIpc) is 2.96. The van der Waals surface area contributed by atoms with Gasteiger partial charge in [-0.2, -0.15) is 5.10 Å². The van der Waals surface area contributed by atoms with Gasteiger partial charge < -0.3 is 5.32 Å². The third-order valence-electron chi connectivity index (χ3n) is 3.74. The van der Waals surface area contributed by atoms with Gasteiger partial charge in [-0.25, -0.2) is 0 Å². The van der Waals surface area contributed by atoms with Gasteiger partial charge in [-0.1, -0.05) is 0 Å². The van der Waals surface area contributed by atoms with Crippen molar-refractivity contribution >= 4 is 5.91 Å². The molecule has 0 spiro atoms. The van der Waals surface area contributed by atoms with Crippen LogP contribution in [0.5, 0.6) is 0 Å². The second-order valence-corrected chi connectivity index (χ2v) is 5.40. The van der Waals surface area contributed by atoms with E-state index < -0.39 is 0 Å². The molecule has 0 saturated carbocycles. The lowest BCUT2D eigenvalue weighted by Gasteiger charge is -2.31. The number of carbonyl (C=O) groups is 1. The summed E-state index contributed by atoms with van der Waals surface area (Å²) in [7, 11) is 2.11. The maximum atomic E-state index is 12.0. The van der Waals surface area contributed by atoms with E-state index in [-0.39, 0.29) is 5.91 Å². The highest BCUT2D eigenvalue weighted by molar-refractivity contribution is 5.93. The van der Waals surface area contributed by atoms with E-state index in [1.165, 1.54) is 5.69 Å². The van der Waals surface area contributed by atoms with Crippen molar-refractivity contribution in [1.82, 2.24) is 25.0 Å². The largest absolute Gasteiger partial charge is 0.352 e. The van der Waals surface area contributed by atoms with Crippen LogP contribution in [0.4, 0.5) is 0 Å². The van der Waals surface area contributed by atoms with Crippen molar-refractivity contribution in [2.75, 3.05) is 20.1 Å². The maximum absolute atomic E-state index is 12.0. The van der Waals surface area contributed by atoms with Gasteiger partial charge in [0, 0.05) is 38.2 Å². The van der Waals surface area contributed by atoms with Crippen LogP contribution in [0.2, 0.25) is 0 Å². The van der Waals surface area contributed by atoms with Crippen molar-refractivity contribution in [3.63, 3.8) is 0 Å². The Balaban J connectivity index is 1.56. The number of nitrogens with one attached hydrogen (secondary N) is 1. The summed E-state index contributed by atoms with van der Waals surface area (Å²) in [6.07, 6.45) is 5.95. The number of carbonyl (C=O) groups excluding carboxylic acids is 1. The van der Waals surface area contributed by atoms with E-state index in [1.807, 2.05) is 6.20 Å². The zero-order valence-electron chi connectivity index (χ0n) is 12.1. The Bertz CT molecular complexity index is 610. The second kappa shape index (κ2) is 6.05. The Kier molecular flexibility index (Phi) is 3.96. The van der Waals surface area contributed by atoms with E-state index >= 15 is 0 Å². The summed E-state index contributed by atoms with van der Waals surface area (Å²) in [6.45, 7) is 2.52. The van der Waals surface area contributed by atoms with Crippen LogP contribution in [-0.4, -0.2) is 45.7 Å². The summed E-state index contributed by atoms with van der Waals surface area (Å²) in [5.41, 5.74) is 1.82. The van der Waals surface area contributed by atoms with Crippen LogP contribution in [0, 0.1) is 0 Å². The van der Waals surface area contributed by atoms with Crippen LogP contribution >= 0.6 is 0 Å². The van der Waals surface area contributed by atoms with Crippen molar-refractivity contribution < 1.29 is 4.79 Å². The molecule has 1 aliphatic heterocycles. The Labute approximate surface area is 123 Å². The summed E-state index contributed by atoms with van der Waals surface area (Å²) in [6, 6.07) is 5.89. The van der Waals surface area contributed by atoms with Crippen molar-refractivity contribution in [2.45, 2.75) is 19.0 Å². The van der Waals surface area contributed by atoms with Gasteiger partial charge in [0.1, 0.15) is 0 Å². The molecular weight excluding hydrogens is 266 g/mol. The molecule has 0 bridgehead atoms. The first-order chi connectivity index (χ1) is 10.2. The zero-order valence-corrected chi connectivity index (χ0v) is 12.1. The SMILES string of the molecule is CN1Cc2ccnn2[C@H](CCNC(=O)c2cccnc2)C1. The van der Waals surface area contributed by atoms with Gasteiger partial charge >= 0.3 is 0 Å². The molecule has 0 aliphatic carbocycles. The predicted molar refractivity (Wildman–Crippen MR) is 78.8 cm³/mol. The molecule has 2 aromatic rings. The van der Waals surface area contributed by atoms with E-state index in [0.717, 1.165) is 19.5 Å². The molecule has 110 valence electrons. The fraction of sp³-hybridized carbons (Fsp3) is 0.400. The van der Waals surface area contributed by atoms with Crippen molar-refractivity contribution in [2.24, 2.45) is 0 Å². The number of hydrogen-bond donors (Lipinski definition) is 1. The van der Waals surface area contributed by atoms with E-state index in [4.69, 9.17) is 0 Å². The molecule has 21 heavy (non-hydrogen) atoms. The minimum atomic E-state index is -0.0760. The molecule has 1 atom stereocenters. The van der Waals surface area contributed by atoms with Crippen LogP contribution in [0.25, 0.3) is 0 Å². The maximum Gasteiger partial charge on any atom is 0.252 e. The number of rotatable bonds is 4. The van der Waals surface area contributed by atoms with Crippen molar-refractivity contribution in [3.05, 3.63) is 48.0 Å². The molecule has 0 saturated heterocycles. The van der Waals surface area contributed by atoms with Crippen LogP contribution in [0.1, 0.15) is 28.5 Å². The summed E-state index contributed by atoms with van der Waals surface area (Å²) < 4.78 is 2.08. The van der Waals surface area contributed by atoms with Gasteiger partial charge in [0.2, 0.25) is 0 Å². The minimum absolute atomic E-state index is 0.0760. The Morgan fingerprint density at radius 1 is 1.43 bits per heavy atom. The second-order valence-electron chi connectivity index (χ2n) is 5.40. The normalized spacial score (nSPS) is 18.2. The number of nitrogens with zero attached hydrogens (tertiary/aromatic N) is 4. The number of amides is 1. The zero-order chi connectivity index (χ0) is 14.7. The highest BCUT2D eigenvalue weighted by Crippen LogP contribution is 2.21. The third kappa shape index (κ3) is 3.11. The molecule has 3 heterocycles. The third-order valence-corrected chi connectivity index (χ3v) is 3.74. The first-order valence-corrected chi connectivity index (χ1v) is 7.13. The first kappa shape index (κ1) is 13.8. The van der Waals surface area contributed by atoms with E-state index in [2.05, 4.69) is 38.1 Å². The molecule has 0 fully saturated rings. The molecule has 1 aliphatic rings. The standard InChI is InChI=1S/C15H19N5O/c1-19-10-13(20-14(11-19)5-8-18-20)4-7-17-15(21)12-3-2-6-16-9-12/h2-3,5-6,8-9,13H,4,7,10-11H2,1H3,(H,17,21)/t13-/m1/s1. The van der Waals surface area contributed by atoms with Crippen LogP contribution in [-0.2, 0) is 6.54 Å². The van der Waals surface area contributed by atoms with Gasteiger partial charge in [-0.15, -0.1) is 0 Å². The first-order valence-electron chi connectivity index (χ1n) is 7.13. The smallest absolute Gasteiger partial charge is 0.252 e. The fourth-order valence-corrected chi connectivity index (χ4v) is 2.74. The summed E-state index contributed by atoms with van der Waals surface area (Å²) in [5.74, 6) is -0.0760. The number of hydrogen-bond acceptors (Lipinski definition) is 4. The monoisotopic (exact) mass is 285 g/mol. The van der Waals surface area contributed by atoms with Gasteiger partial charge in [0.15, 0.2) is 0 Å². The van der Waals surface area contributed by atoms with E-state index in [9.17, 15) is 4.79 Å². The molecular formula is C15H19N5O. The van der Waals surface area contributed by atoms with E-state index in [1.54, 1.807) is 24.5 Å². The topological polar surface area (TPSA) is 63.1 Å². The molecule has 0 radical (unpaired) electrons. The Morgan fingerprint density at radius 2 is 2.33 bits per heavy atom. The number of likely N-dealkylation sites (N-methyl/N-ethyl adjacent to an activating group) is 1. The van der Waals surface area contributed by atoms with Crippen LogP contribution in [0.15, 0.2) is 36.8 Å². The minimum Gasteiger partial charge on any atom is -0.352 e. The highest BCUT2D eigenvalue weighted by Gasteiger charge is 2.23. The molecule has 3 rings (SSSR count). The lowest BCUT2D eigenvalue weighted by Crippen LogP contribution is -2.37. The highest BCUT2D eigenvalue weighted by atomic mass is 16.1. The van der Waals surface area contributed by atoms with E-state index in [0.29, 0.717) is 18.2 Å². The molecule has 6 heteroatoms. The van der Waals surface area contributed by atoms with Crippen LogP contribution < -0.4 is 5.32 Å². The number of aromatic nitrogens is 3. The summed E-state index contributed by atoms with van der Waals surface area (Å²) in [4.78, 5) is 18.2. The average molecular weight is 285 g/mol. The number of fused-ring (bicyclic) bond motifs is 1. The Morgan fingerprint density at radius 3 is 3.14 bits per heavy atom. The quantitative estimate of drug-likeness (QED) is 0.913. The van der Waals surface area contributed by atoms with Crippen molar-refractivity contribution in [1.29, 1.82) is 0 Å². The van der Waals surface area contributed by atoms with Crippen molar-refractivity contribution in [3.8, 4) is 0 Å². The molecule has 2 aromatic heterocycles. The summed E-state index contributed by atoms with van der Waals surface area (Å²) >= 11 is 0. The summed E-state index contributed by atoms with van der Waals surface area (Å²) in [5, 5.41) is 7.34. The van der Waals surface area contributed by atoms with Gasteiger partial charge in [-0.05, 0) is 31.7 Å². The van der Waals surface area contributed by atoms with Gasteiger partial charge in [0.25, 0.3) is 5.91 Å². The lowest BCUT2D eigenvalue weighted by molar-refractivity contribution is 0.0948.